The molecule has 3 aromatic rings. The van der Waals surface area contributed by atoms with Crippen LogP contribution in [0, 0.1) is 13.8 Å². The minimum atomic E-state index is -0.0760. The summed E-state index contributed by atoms with van der Waals surface area (Å²) in [5, 5.41) is 4.27. The zero-order chi connectivity index (χ0) is 15.3. The van der Waals surface area contributed by atoms with Crippen LogP contribution in [0.25, 0.3) is 5.78 Å². The molecular weight excluding hydrogens is 282 g/mol. The van der Waals surface area contributed by atoms with Gasteiger partial charge in [0, 0.05) is 24.2 Å². The summed E-state index contributed by atoms with van der Waals surface area (Å²) in [6.07, 6.45) is 3.70. The Balaban J connectivity index is 1.87. The number of aryl methyl sites for hydroxylation is 1. The molecule has 0 unspecified atom stereocenters. The maximum atomic E-state index is 12.0. The van der Waals surface area contributed by atoms with Crippen molar-refractivity contribution in [3.63, 3.8) is 0 Å². The molecule has 0 atom stereocenters. The van der Waals surface area contributed by atoms with E-state index < -0.39 is 0 Å². The van der Waals surface area contributed by atoms with Gasteiger partial charge in [0.05, 0.1) is 24.1 Å². The maximum absolute atomic E-state index is 12.0. The van der Waals surface area contributed by atoms with Crippen LogP contribution in [0.1, 0.15) is 22.5 Å². The number of fused-ring (bicyclic) bond motifs is 2. The van der Waals surface area contributed by atoms with E-state index in [0.29, 0.717) is 12.3 Å². The number of nitrogens with zero attached hydrogens (tertiary/aromatic N) is 6. The van der Waals surface area contributed by atoms with Gasteiger partial charge in [-0.2, -0.15) is 14.6 Å². The third-order valence-corrected chi connectivity index (χ3v) is 4.18. The second kappa shape index (κ2) is 4.62. The number of H-pyrrole nitrogens is 1. The van der Waals surface area contributed by atoms with E-state index in [1.807, 2.05) is 13.8 Å². The van der Waals surface area contributed by atoms with Crippen LogP contribution in [0.3, 0.4) is 0 Å². The van der Waals surface area contributed by atoms with Crippen LogP contribution >= 0.6 is 0 Å². The Morgan fingerprint density at radius 3 is 3.00 bits per heavy atom. The normalized spacial score (nSPS) is 14.4. The Kier molecular flexibility index (Phi) is 2.72. The van der Waals surface area contributed by atoms with Gasteiger partial charge >= 0.3 is 0 Å². The number of anilines is 1. The molecule has 0 bridgehead atoms. The fourth-order valence-electron chi connectivity index (χ4n) is 2.92. The summed E-state index contributed by atoms with van der Waals surface area (Å²) in [5.74, 6) is 1.51. The van der Waals surface area contributed by atoms with Crippen molar-refractivity contribution in [3.05, 3.63) is 45.5 Å². The Hall–Kier alpha value is -2.77. The fourth-order valence-corrected chi connectivity index (χ4v) is 2.92. The van der Waals surface area contributed by atoms with Crippen molar-refractivity contribution in [3.8, 4) is 0 Å². The Morgan fingerprint density at radius 1 is 1.27 bits per heavy atom. The highest BCUT2D eigenvalue weighted by Gasteiger charge is 2.24. The van der Waals surface area contributed by atoms with Crippen molar-refractivity contribution in [1.82, 2.24) is 29.5 Å². The predicted octanol–water partition coefficient (Wildman–Crippen LogP) is 0.387. The van der Waals surface area contributed by atoms with Gasteiger partial charge < -0.3 is 9.88 Å². The lowest BCUT2D eigenvalue weighted by Gasteiger charge is -2.30. The quantitative estimate of drug-likeness (QED) is 0.698. The van der Waals surface area contributed by atoms with Crippen molar-refractivity contribution in [2.75, 3.05) is 11.4 Å². The Labute approximate surface area is 125 Å². The van der Waals surface area contributed by atoms with E-state index in [4.69, 9.17) is 0 Å². The molecule has 0 saturated carbocycles. The van der Waals surface area contributed by atoms with Crippen LogP contribution in [-0.2, 0) is 13.0 Å². The molecule has 0 fully saturated rings. The summed E-state index contributed by atoms with van der Waals surface area (Å²) >= 11 is 0. The molecule has 0 aromatic carbocycles. The van der Waals surface area contributed by atoms with Crippen LogP contribution < -0.4 is 10.5 Å². The third-order valence-electron chi connectivity index (χ3n) is 4.18. The van der Waals surface area contributed by atoms with Crippen LogP contribution in [0.5, 0.6) is 0 Å². The summed E-state index contributed by atoms with van der Waals surface area (Å²) in [6.45, 7) is 5.27. The third kappa shape index (κ3) is 1.80. The van der Waals surface area contributed by atoms with Crippen LogP contribution in [0.15, 0.2) is 17.4 Å². The summed E-state index contributed by atoms with van der Waals surface area (Å²) in [6, 6.07) is 0. The van der Waals surface area contributed by atoms with Crippen LogP contribution in [-0.4, -0.2) is 36.1 Å². The number of aromatic amines is 1. The molecule has 0 amide bonds. The smallest absolute Gasteiger partial charge is 0.255 e. The minimum absolute atomic E-state index is 0.0760. The molecule has 8 nitrogen and oxygen atoms in total. The second-order valence-corrected chi connectivity index (χ2v) is 5.45. The molecule has 8 heteroatoms. The van der Waals surface area contributed by atoms with Gasteiger partial charge in [-0.05, 0) is 13.8 Å². The first-order valence-electron chi connectivity index (χ1n) is 7.12. The lowest BCUT2D eigenvalue weighted by atomic mass is 10.1. The number of nitrogens with one attached hydrogen (secondary N) is 1. The summed E-state index contributed by atoms with van der Waals surface area (Å²) in [4.78, 5) is 29.7. The summed E-state index contributed by atoms with van der Waals surface area (Å²) in [5.41, 5.74) is 3.48. The highest BCUT2D eigenvalue weighted by molar-refractivity contribution is 5.55. The monoisotopic (exact) mass is 297 g/mol. The van der Waals surface area contributed by atoms with E-state index in [1.54, 1.807) is 4.52 Å². The fraction of sp³-hybridized carbons (Fsp3) is 0.357. The molecule has 4 rings (SSSR count). The van der Waals surface area contributed by atoms with E-state index in [-0.39, 0.29) is 5.56 Å². The van der Waals surface area contributed by atoms with Crippen molar-refractivity contribution in [2.24, 2.45) is 0 Å². The molecule has 4 heterocycles. The lowest BCUT2D eigenvalue weighted by molar-refractivity contribution is 0.672. The number of rotatable bonds is 1. The first-order valence-corrected chi connectivity index (χ1v) is 7.12. The molecule has 112 valence electrons. The largest absolute Gasteiger partial charge is 0.351 e. The highest BCUT2D eigenvalue weighted by Crippen LogP contribution is 2.26. The van der Waals surface area contributed by atoms with Crippen LogP contribution in [0.4, 0.5) is 5.82 Å². The number of aromatic nitrogens is 6. The van der Waals surface area contributed by atoms with Gasteiger partial charge in [-0.15, -0.1) is 0 Å². The minimum Gasteiger partial charge on any atom is -0.351 e. The highest BCUT2D eigenvalue weighted by atomic mass is 16.1. The maximum Gasteiger partial charge on any atom is 0.255 e. The topological polar surface area (TPSA) is 92.1 Å². The molecule has 3 aromatic heterocycles. The van der Waals surface area contributed by atoms with E-state index in [1.165, 1.54) is 12.7 Å². The van der Waals surface area contributed by atoms with Gasteiger partial charge in [0.2, 0.25) is 0 Å². The predicted molar refractivity (Wildman–Crippen MR) is 79.9 cm³/mol. The van der Waals surface area contributed by atoms with E-state index in [0.717, 1.165) is 41.3 Å². The van der Waals surface area contributed by atoms with Gasteiger partial charge in [0.25, 0.3) is 11.3 Å². The molecule has 0 spiro atoms. The summed E-state index contributed by atoms with van der Waals surface area (Å²) < 4.78 is 1.73. The molecule has 0 radical (unpaired) electrons. The first-order chi connectivity index (χ1) is 10.6. The molecule has 0 aliphatic carbocycles. The molecule has 0 saturated heterocycles. The SMILES string of the molecule is Cc1nc2ncnn2c(N2CCc3nc[nH]c(=O)c3C2)c1C. The van der Waals surface area contributed by atoms with Crippen molar-refractivity contribution in [2.45, 2.75) is 26.8 Å². The molecule has 1 aliphatic heterocycles. The number of hydrogen-bond donors (Lipinski definition) is 1. The molecule has 1 aliphatic rings. The van der Waals surface area contributed by atoms with Crippen molar-refractivity contribution < 1.29 is 0 Å². The molecular formula is C14H15N7O. The molecule has 22 heavy (non-hydrogen) atoms. The van der Waals surface area contributed by atoms with E-state index >= 15 is 0 Å². The average molecular weight is 297 g/mol. The van der Waals surface area contributed by atoms with E-state index in [2.05, 4.69) is 29.9 Å². The lowest BCUT2D eigenvalue weighted by Crippen LogP contribution is -2.37. The average Bonchev–Trinajstić information content (AvgIpc) is 2.96. The van der Waals surface area contributed by atoms with E-state index in [9.17, 15) is 4.79 Å². The Morgan fingerprint density at radius 2 is 2.14 bits per heavy atom. The number of hydrogen-bond acceptors (Lipinski definition) is 6. The van der Waals surface area contributed by atoms with Gasteiger partial charge in [-0.25, -0.2) is 9.97 Å². The van der Waals surface area contributed by atoms with Gasteiger partial charge in [-0.3, -0.25) is 4.79 Å². The summed E-state index contributed by atoms with van der Waals surface area (Å²) in [7, 11) is 0. The standard InChI is InChI=1S/C14H15N7O/c1-8-9(2)19-14-17-7-18-21(14)13(8)20-4-3-11-10(5-20)12(22)16-6-15-11/h6-7H,3-5H2,1-2H3,(H,15,16,22). The van der Waals surface area contributed by atoms with Gasteiger partial charge in [0.15, 0.2) is 0 Å². The Bertz CT molecular complexity index is 927. The zero-order valence-corrected chi connectivity index (χ0v) is 12.4. The zero-order valence-electron chi connectivity index (χ0n) is 12.4. The van der Waals surface area contributed by atoms with Crippen molar-refractivity contribution >= 4 is 11.6 Å². The van der Waals surface area contributed by atoms with Gasteiger partial charge in [0.1, 0.15) is 12.1 Å². The molecule has 1 N–H and O–H groups in total. The van der Waals surface area contributed by atoms with Gasteiger partial charge in [-0.1, -0.05) is 0 Å². The van der Waals surface area contributed by atoms with Crippen LogP contribution in [0.2, 0.25) is 0 Å². The second-order valence-electron chi connectivity index (χ2n) is 5.45. The van der Waals surface area contributed by atoms with Crippen molar-refractivity contribution in [1.29, 1.82) is 0 Å². The first kappa shape index (κ1) is 12.9.